The molecule has 1 unspecified atom stereocenters. The second-order valence-corrected chi connectivity index (χ2v) is 3.19. The van der Waals surface area contributed by atoms with Crippen molar-refractivity contribution in [2.45, 2.75) is 6.10 Å². The number of hydrogen-bond acceptors (Lipinski definition) is 5. The maximum atomic E-state index is 10.7. The Bertz CT molecular complexity index is 415. The van der Waals surface area contributed by atoms with Crippen molar-refractivity contribution in [1.82, 2.24) is 0 Å². The number of carboxylic acids is 1. The number of rotatable bonds is 5. The van der Waals surface area contributed by atoms with Gasteiger partial charge in [0.05, 0.1) is 21.3 Å². The largest absolute Gasteiger partial charge is 0.496 e. The number of aliphatic hydroxyl groups excluding tert-OH is 1. The van der Waals surface area contributed by atoms with E-state index in [0.717, 1.165) is 0 Å². The highest BCUT2D eigenvalue weighted by atomic mass is 16.5. The number of carbonyl (C=O) groups is 1. The molecule has 0 radical (unpaired) electrons. The van der Waals surface area contributed by atoms with Crippen molar-refractivity contribution in [2.24, 2.45) is 0 Å². The van der Waals surface area contributed by atoms with Gasteiger partial charge in [-0.05, 0) is 6.07 Å². The Morgan fingerprint density at radius 1 is 1.06 bits per heavy atom. The predicted octanol–water partition coefficient (Wildman–Crippen LogP) is 0.830. The number of methoxy groups -OCH3 is 3. The molecule has 0 aliphatic heterocycles. The van der Waals surface area contributed by atoms with Gasteiger partial charge in [-0.3, -0.25) is 0 Å². The second-order valence-electron chi connectivity index (χ2n) is 3.19. The van der Waals surface area contributed by atoms with Gasteiger partial charge in [0.2, 0.25) is 0 Å². The number of ether oxygens (including phenoxy) is 3. The molecule has 1 aromatic carbocycles. The van der Waals surface area contributed by atoms with E-state index < -0.39 is 12.1 Å². The molecule has 0 aliphatic carbocycles. The summed E-state index contributed by atoms with van der Waals surface area (Å²) in [5, 5.41) is 18.3. The molecule has 1 atom stereocenters. The third-order valence-corrected chi connectivity index (χ3v) is 2.26. The van der Waals surface area contributed by atoms with Gasteiger partial charge in [0, 0.05) is 11.6 Å². The van der Waals surface area contributed by atoms with E-state index in [0.29, 0.717) is 11.5 Å². The zero-order valence-corrected chi connectivity index (χ0v) is 9.76. The van der Waals surface area contributed by atoms with Crippen molar-refractivity contribution in [3.63, 3.8) is 0 Å². The molecular formula is C11H14O6. The lowest BCUT2D eigenvalue weighted by atomic mass is 10.1. The summed E-state index contributed by atoms with van der Waals surface area (Å²) < 4.78 is 15.1. The van der Waals surface area contributed by atoms with Crippen LogP contribution < -0.4 is 14.2 Å². The fourth-order valence-corrected chi connectivity index (χ4v) is 1.40. The molecule has 0 saturated carbocycles. The van der Waals surface area contributed by atoms with E-state index in [-0.39, 0.29) is 11.3 Å². The van der Waals surface area contributed by atoms with Crippen LogP contribution in [0, 0.1) is 0 Å². The van der Waals surface area contributed by atoms with Crippen LogP contribution in [0.2, 0.25) is 0 Å². The van der Waals surface area contributed by atoms with Crippen molar-refractivity contribution in [3.8, 4) is 17.2 Å². The molecule has 17 heavy (non-hydrogen) atoms. The first kappa shape index (κ1) is 13.1. The van der Waals surface area contributed by atoms with E-state index in [1.807, 2.05) is 0 Å². The molecule has 0 aliphatic rings. The minimum absolute atomic E-state index is 0.109. The summed E-state index contributed by atoms with van der Waals surface area (Å²) in [5.41, 5.74) is 0.109. The molecule has 0 bridgehead atoms. The molecule has 94 valence electrons. The molecule has 6 nitrogen and oxygen atoms in total. The Hall–Kier alpha value is -1.95. The van der Waals surface area contributed by atoms with E-state index in [9.17, 15) is 9.90 Å². The topological polar surface area (TPSA) is 85.2 Å². The Kier molecular flexibility index (Phi) is 4.17. The maximum absolute atomic E-state index is 10.7. The van der Waals surface area contributed by atoms with E-state index in [2.05, 4.69) is 0 Å². The zero-order chi connectivity index (χ0) is 13.0. The highest BCUT2D eigenvalue weighted by molar-refractivity contribution is 5.76. The molecule has 0 spiro atoms. The van der Waals surface area contributed by atoms with Crippen molar-refractivity contribution in [1.29, 1.82) is 0 Å². The summed E-state index contributed by atoms with van der Waals surface area (Å²) in [6.07, 6.45) is -1.68. The highest BCUT2D eigenvalue weighted by Crippen LogP contribution is 2.37. The van der Waals surface area contributed by atoms with Crippen molar-refractivity contribution >= 4 is 5.97 Å². The SMILES string of the molecule is COc1cc(OC)c(C(O)C(=O)O)cc1OC. The zero-order valence-electron chi connectivity index (χ0n) is 9.76. The molecular weight excluding hydrogens is 228 g/mol. The average Bonchev–Trinajstić information content (AvgIpc) is 2.35. The molecule has 2 N–H and O–H groups in total. The fourth-order valence-electron chi connectivity index (χ4n) is 1.40. The van der Waals surface area contributed by atoms with Crippen LogP contribution in [0.4, 0.5) is 0 Å². The number of aliphatic hydroxyl groups is 1. The molecule has 0 amide bonds. The molecule has 1 rings (SSSR count). The number of aliphatic carboxylic acids is 1. The van der Waals surface area contributed by atoms with Crippen LogP contribution in [0.1, 0.15) is 11.7 Å². The first-order valence-electron chi connectivity index (χ1n) is 4.76. The van der Waals surface area contributed by atoms with Gasteiger partial charge in [0.15, 0.2) is 17.6 Å². The summed E-state index contributed by atoms with van der Waals surface area (Å²) in [7, 11) is 4.24. The quantitative estimate of drug-likeness (QED) is 0.795. The Labute approximate surface area is 98.3 Å². The molecule has 0 aromatic heterocycles. The summed E-state index contributed by atoms with van der Waals surface area (Å²) >= 11 is 0. The van der Waals surface area contributed by atoms with Crippen LogP contribution in [0.5, 0.6) is 17.2 Å². The van der Waals surface area contributed by atoms with Crippen molar-refractivity contribution < 1.29 is 29.2 Å². The average molecular weight is 242 g/mol. The summed E-state index contributed by atoms with van der Waals surface area (Å²) in [5.74, 6) is -0.428. The fraction of sp³-hybridized carbons (Fsp3) is 0.364. The number of benzene rings is 1. The van der Waals surface area contributed by atoms with E-state index in [4.69, 9.17) is 19.3 Å². The van der Waals surface area contributed by atoms with Crippen LogP contribution >= 0.6 is 0 Å². The highest BCUT2D eigenvalue weighted by Gasteiger charge is 2.23. The monoisotopic (exact) mass is 242 g/mol. The van der Waals surface area contributed by atoms with Crippen LogP contribution in [0.25, 0.3) is 0 Å². The minimum Gasteiger partial charge on any atom is -0.496 e. The molecule has 6 heteroatoms. The van der Waals surface area contributed by atoms with E-state index in [1.165, 1.54) is 33.5 Å². The summed E-state index contributed by atoms with van der Waals surface area (Å²) in [4.78, 5) is 10.7. The van der Waals surface area contributed by atoms with Gasteiger partial charge < -0.3 is 24.4 Å². The van der Waals surface area contributed by atoms with Crippen LogP contribution in [0.3, 0.4) is 0 Å². The minimum atomic E-state index is -1.68. The lowest BCUT2D eigenvalue weighted by molar-refractivity contribution is -0.147. The lowest BCUT2D eigenvalue weighted by Gasteiger charge is -2.15. The number of carboxylic acid groups (broad SMARTS) is 1. The van der Waals surface area contributed by atoms with Gasteiger partial charge in [-0.25, -0.2) is 4.79 Å². The Morgan fingerprint density at radius 3 is 1.94 bits per heavy atom. The van der Waals surface area contributed by atoms with Gasteiger partial charge in [-0.2, -0.15) is 0 Å². The van der Waals surface area contributed by atoms with Gasteiger partial charge in [0.1, 0.15) is 5.75 Å². The number of hydrogen-bond donors (Lipinski definition) is 2. The van der Waals surface area contributed by atoms with Crippen molar-refractivity contribution in [2.75, 3.05) is 21.3 Å². The smallest absolute Gasteiger partial charge is 0.337 e. The third-order valence-electron chi connectivity index (χ3n) is 2.26. The van der Waals surface area contributed by atoms with Gasteiger partial charge in [-0.1, -0.05) is 0 Å². The second kappa shape index (κ2) is 5.40. The molecule has 0 heterocycles. The predicted molar refractivity (Wildman–Crippen MR) is 58.7 cm³/mol. The van der Waals surface area contributed by atoms with Crippen molar-refractivity contribution in [3.05, 3.63) is 17.7 Å². The van der Waals surface area contributed by atoms with E-state index >= 15 is 0 Å². The summed E-state index contributed by atoms with van der Waals surface area (Å²) in [6, 6.07) is 2.83. The Balaban J connectivity index is 3.33. The standard InChI is InChI=1S/C11H14O6/c1-15-7-5-9(17-3)8(16-2)4-6(7)10(12)11(13)14/h4-5,10,12H,1-3H3,(H,13,14). The normalized spacial score (nSPS) is 11.8. The summed E-state index contributed by atoms with van der Waals surface area (Å²) in [6.45, 7) is 0. The molecule has 1 aromatic rings. The van der Waals surface area contributed by atoms with Crippen LogP contribution in [0.15, 0.2) is 12.1 Å². The maximum Gasteiger partial charge on any atom is 0.337 e. The van der Waals surface area contributed by atoms with E-state index in [1.54, 1.807) is 0 Å². The van der Waals surface area contributed by atoms with Gasteiger partial charge >= 0.3 is 5.97 Å². The van der Waals surface area contributed by atoms with Gasteiger partial charge in [-0.15, -0.1) is 0 Å². The molecule has 0 saturated heterocycles. The first-order valence-corrected chi connectivity index (χ1v) is 4.76. The Morgan fingerprint density at radius 2 is 1.53 bits per heavy atom. The first-order chi connectivity index (χ1) is 8.04. The van der Waals surface area contributed by atoms with Crippen LogP contribution in [-0.2, 0) is 4.79 Å². The van der Waals surface area contributed by atoms with Gasteiger partial charge in [0.25, 0.3) is 0 Å². The lowest BCUT2D eigenvalue weighted by Crippen LogP contribution is -2.12. The van der Waals surface area contributed by atoms with Crippen LogP contribution in [-0.4, -0.2) is 37.5 Å². The molecule has 0 fully saturated rings. The third kappa shape index (κ3) is 2.59.